The van der Waals surface area contributed by atoms with Crippen molar-refractivity contribution in [1.29, 1.82) is 0 Å². The van der Waals surface area contributed by atoms with Crippen LogP contribution in [0, 0.1) is 0 Å². The summed E-state index contributed by atoms with van der Waals surface area (Å²) in [5, 5.41) is 11.2. The molecule has 0 unspecified atom stereocenters. The molecule has 6 nitrogen and oxygen atoms in total. The van der Waals surface area contributed by atoms with Gasteiger partial charge < -0.3 is 5.32 Å². The lowest BCUT2D eigenvalue weighted by Crippen LogP contribution is -2.31. The number of H-pyrrole nitrogens is 1. The number of urea groups is 1. The van der Waals surface area contributed by atoms with E-state index in [9.17, 15) is 9.59 Å². The minimum atomic E-state index is -0.351. The molecule has 0 saturated heterocycles. The van der Waals surface area contributed by atoms with Crippen LogP contribution in [0.15, 0.2) is 47.3 Å². The summed E-state index contributed by atoms with van der Waals surface area (Å²) in [4.78, 5) is 22.3. The molecule has 0 bridgehead atoms. The van der Waals surface area contributed by atoms with Gasteiger partial charge in [-0.1, -0.05) is 30.3 Å². The number of hydrogen-bond acceptors (Lipinski definition) is 3. The highest BCUT2D eigenvalue weighted by molar-refractivity contribution is 5.87. The summed E-state index contributed by atoms with van der Waals surface area (Å²) in [5.41, 5.74) is 0.847. The zero-order valence-corrected chi connectivity index (χ0v) is 10.2. The summed E-state index contributed by atoms with van der Waals surface area (Å²) >= 11 is 0. The van der Waals surface area contributed by atoms with Crippen LogP contribution >= 0.6 is 0 Å². The molecule has 98 valence electrons. The van der Waals surface area contributed by atoms with E-state index in [1.54, 1.807) is 0 Å². The third kappa shape index (κ3) is 4.27. The highest BCUT2D eigenvalue weighted by Gasteiger charge is 2.01. The number of hydrogen-bond donors (Lipinski definition) is 3. The van der Waals surface area contributed by atoms with E-state index in [0.29, 0.717) is 12.4 Å². The largest absolute Gasteiger partial charge is 0.337 e. The number of anilines is 1. The molecule has 6 heteroatoms. The highest BCUT2D eigenvalue weighted by Crippen LogP contribution is 1.99. The van der Waals surface area contributed by atoms with E-state index in [1.807, 2.05) is 30.3 Å². The van der Waals surface area contributed by atoms with Crippen molar-refractivity contribution in [2.75, 3.05) is 11.9 Å². The third-order valence-electron chi connectivity index (χ3n) is 2.46. The lowest BCUT2D eigenvalue weighted by molar-refractivity contribution is 0.252. The van der Waals surface area contributed by atoms with Crippen molar-refractivity contribution in [3.05, 3.63) is 58.4 Å². The standard InChI is InChI=1S/C13H14N4O2/c18-12-7-6-11(16-17-12)15-13(19)14-9-8-10-4-2-1-3-5-10/h1-7H,8-9H2,(H,17,18)(H2,14,15,16,19). The summed E-state index contributed by atoms with van der Waals surface area (Å²) in [6, 6.07) is 12.3. The first-order valence-electron chi connectivity index (χ1n) is 5.88. The second-order valence-corrected chi connectivity index (χ2v) is 3.92. The zero-order valence-electron chi connectivity index (χ0n) is 10.2. The number of aromatic nitrogens is 2. The quantitative estimate of drug-likeness (QED) is 0.768. The lowest BCUT2D eigenvalue weighted by Gasteiger charge is -2.06. The third-order valence-corrected chi connectivity index (χ3v) is 2.46. The van der Waals surface area contributed by atoms with Gasteiger partial charge in [-0.05, 0) is 18.1 Å². The summed E-state index contributed by atoms with van der Waals surface area (Å²) in [5.74, 6) is 0.303. The molecule has 19 heavy (non-hydrogen) atoms. The van der Waals surface area contributed by atoms with Crippen LogP contribution in [-0.4, -0.2) is 22.8 Å². The molecule has 2 amide bonds. The van der Waals surface area contributed by atoms with E-state index in [2.05, 4.69) is 20.8 Å². The molecule has 0 saturated carbocycles. The maximum atomic E-state index is 11.5. The van der Waals surface area contributed by atoms with Crippen molar-refractivity contribution in [3.8, 4) is 0 Å². The molecule has 0 aliphatic heterocycles. The van der Waals surface area contributed by atoms with Gasteiger partial charge in [-0.15, -0.1) is 0 Å². The Balaban J connectivity index is 1.76. The second kappa shape index (κ2) is 6.34. The van der Waals surface area contributed by atoms with Crippen molar-refractivity contribution in [3.63, 3.8) is 0 Å². The molecule has 2 aromatic rings. The van der Waals surface area contributed by atoms with Gasteiger partial charge in [-0.25, -0.2) is 9.89 Å². The topological polar surface area (TPSA) is 86.9 Å². The second-order valence-electron chi connectivity index (χ2n) is 3.92. The molecule has 1 aromatic heterocycles. The maximum absolute atomic E-state index is 11.5. The Hall–Kier alpha value is -2.63. The van der Waals surface area contributed by atoms with E-state index in [1.165, 1.54) is 12.1 Å². The molecule has 0 fully saturated rings. The molecule has 3 N–H and O–H groups in total. The van der Waals surface area contributed by atoms with Gasteiger partial charge in [-0.2, -0.15) is 5.10 Å². The van der Waals surface area contributed by atoms with Crippen LogP contribution in [0.1, 0.15) is 5.56 Å². The van der Waals surface area contributed by atoms with Crippen molar-refractivity contribution in [1.82, 2.24) is 15.5 Å². The van der Waals surface area contributed by atoms with Crippen molar-refractivity contribution >= 4 is 11.8 Å². The normalized spacial score (nSPS) is 9.89. The Kier molecular flexibility index (Phi) is 4.28. The van der Waals surface area contributed by atoms with Gasteiger partial charge in [0.2, 0.25) is 0 Å². The first kappa shape index (κ1) is 12.8. The number of carbonyl (C=O) groups is 1. The fourth-order valence-corrected chi connectivity index (χ4v) is 1.54. The Morgan fingerprint density at radius 3 is 2.63 bits per heavy atom. The van der Waals surface area contributed by atoms with Gasteiger partial charge in [0.15, 0.2) is 5.82 Å². The molecular formula is C13H14N4O2. The van der Waals surface area contributed by atoms with Crippen LogP contribution in [0.25, 0.3) is 0 Å². The first-order chi connectivity index (χ1) is 9.24. The van der Waals surface area contributed by atoms with E-state index in [-0.39, 0.29) is 11.6 Å². The number of aromatic amines is 1. The van der Waals surface area contributed by atoms with E-state index in [4.69, 9.17) is 0 Å². The van der Waals surface area contributed by atoms with Crippen LogP contribution in [0.5, 0.6) is 0 Å². The molecule has 0 spiro atoms. The Bertz CT molecular complexity index is 575. The molecular weight excluding hydrogens is 244 g/mol. The van der Waals surface area contributed by atoms with Crippen LogP contribution in [0.2, 0.25) is 0 Å². The van der Waals surface area contributed by atoms with E-state index in [0.717, 1.165) is 12.0 Å². The van der Waals surface area contributed by atoms with E-state index >= 15 is 0 Å². The van der Waals surface area contributed by atoms with E-state index < -0.39 is 0 Å². The molecule has 0 aliphatic carbocycles. The van der Waals surface area contributed by atoms with Gasteiger partial charge in [-0.3, -0.25) is 10.1 Å². The van der Waals surface area contributed by atoms with Crippen LogP contribution < -0.4 is 16.2 Å². The van der Waals surface area contributed by atoms with Crippen LogP contribution in [0.3, 0.4) is 0 Å². The van der Waals surface area contributed by atoms with Crippen molar-refractivity contribution in [2.45, 2.75) is 6.42 Å². The SMILES string of the molecule is O=C(NCCc1ccccc1)Nc1ccc(=O)[nH]n1. The number of amides is 2. The molecule has 1 heterocycles. The molecule has 0 aliphatic rings. The van der Waals surface area contributed by atoms with Gasteiger partial charge in [0.1, 0.15) is 0 Å². The average Bonchev–Trinajstić information content (AvgIpc) is 2.43. The first-order valence-corrected chi connectivity index (χ1v) is 5.88. The van der Waals surface area contributed by atoms with Gasteiger partial charge in [0.25, 0.3) is 5.56 Å². The predicted molar refractivity (Wildman–Crippen MR) is 72.0 cm³/mol. The fraction of sp³-hybridized carbons (Fsp3) is 0.154. The average molecular weight is 258 g/mol. The van der Waals surface area contributed by atoms with Crippen LogP contribution in [0.4, 0.5) is 10.6 Å². The van der Waals surface area contributed by atoms with Gasteiger partial charge in [0, 0.05) is 12.6 Å². The highest BCUT2D eigenvalue weighted by atomic mass is 16.2. The minimum absolute atomic E-state index is 0.303. The van der Waals surface area contributed by atoms with Crippen molar-refractivity contribution in [2.24, 2.45) is 0 Å². The monoisotopic (exact) mass is 258 g/mol. The summed E-state index contributed by atoms with van der Waals surface area (Å²) in [7, 11) is 0. The number of nitrogens with one attached hydrogen (secondary N) is 3. The molecule has 0 radical (unpaired) electrons. The van der Waals surface area contributed by atoms with Gasteiger partial charge >= 0.3 is 6.03 Å². The van der Waals surface area contributed by atoms with Crippen molar-refractivity contribution < 1.29 is 4.79 Å². The Labute approximate surface area is 109 Å². The number of benzene rings is 1. The smallest absolute Gasteiger partial charge is 0.320 e. The Morgan fingerprint density at radius 1 is 1.16 bits per heavy atom. The molecule has 1 aromatic carbocycles. The number of rotatable bonds is 4. The fourth-order valence-electron chi connectivity index (χ4n) is 1.54. The minimum Gasteiger partial charge on any atom is -0.337 e. The van der Waals surface area contributed by atoms with Crippen LogP contribution in [-0.2, 0) is 6.42 Å². The lowest BCUT2D eigenvalue weighted by atomic mass is 10.1. The summed E-state index contributed by atoms with van der Waals surface area (Å²) in [6.45, 7) is 0.527. The predicted octanol–water partition coefficient (Wildman–Crippen LogP) is 1.13. The zero-order chi connectivity index (χ0) is 13.5. The van der Waals surface area contributed by atoms with Gasteiger partial charge in [0.05, 0.1) is 0 Å². The number of carbonyl (C=O) groups excluding carboxylic acids is 1. The number of nitrogens with zero attached hydrogens (tertiary/aromatic N) is 1. The molecule has 0 atom stereocenters. The Morgan fingerprint density at radius 2 is 1.95 bits per heavy atom. The summed E-state index contributed by atoms with van der Waals surface area (Å²) in [6.07, 6.45) is 0.757. The summed E-state index contributed by atoms with van der Waals surface area (Å²) < 4.78 is 0. The maximum Gasteiger partial charge on any atom is 0.320 e. The molecule has 2 rings (SSSR count).